The van der Waals surface area contributed by atoms with Crippen LogP contribution in [0.2, 0.25) is 0 Å². The molecule has 0 spiro atoms. The van der Waals surface area contributed by atoms with Gasteiger partial charge in [0.1, 0.15) is 0 Å². The molecule has 4 rings (SSSR count). The van der Waals surface area contributed by atoms with Gasteiger partial charge in [-0.15, -0.1) is 0 Å². The van der Waals surface area contributed by atoms with Gasteiger partial charge >= 0.3 is 5.97 Å². The van der Waals surface area contributed by atoms with Crippen molar-refractivity contribution in [2.24, 2.45) is 23.2 Å². The Hall–Kier alpha value is -2.64. The number of carboxylic acid groups (broad SMARTS) is 1. The van der Waals surface area contributed by atoms with E-state index in [0.29, 0.717) is 23.8 Å². The molecular weight excluding hydrogens is 400 g/mol. The Bertz CT molecular complexity index is 1040. The van der Waals surface area contributed by atoms with Crippen LogP contribution in [-0.4, -0.2) is 27.6 Å². The van der Waals surface area contributed by atoms with E-state index < -0.39 is 11.6 Å². The number of fused-ring (bicyclic) bond motifs is 4. The molecule has 0 aromatic rings. The van der Waals surface area contributed by atoms with Gasteiger partial charge in [0.15, 0.2) is 5.78 Å². The molecule has 4 heteroatoms. The van der Waals surface area contributed by atoms with E-state index in [-0.39, 0.29) is 17.1 Å². The van der Waals surface area contributed by atoms with E-state index in [1.165, 1.54) is 16.7 Å². The Morgan fingerprint density at radius 2 is 2.00 bits per heavy atom. The predicted octanol–water partition coefficient (Wildman–Crippen LogP) is 4.93. The van der Waals surface area contributed by atoms with Crippen molar-refractivity contribution in [3.8, 4) is 11.8 Å². The highest BCUT2D eigenvalue weighted by atomic mass is 16.4. The third-order valence-electron chi connectivity index (χ3n) is 8.49. The zero-order valence-corrected chi connectivity index (χ0v) is 19.0. The lowest BCUT2D eigenvalue weighted by Crippen LogP contribution is -2.50. The van der Waals surface area contributed by atoms with Crippen molar-refractivity contribution in [2.75, 3.05) is 0 Å². The lowest BCUT2D eigenvalue weighted by Gasteiger charge is -2.53. The number of hydrogen-bond acceptors (Lipinski definition) is 3. The van der Waals surface area contributed by atoms with Crippen molar-refractivity contribution in [2.45, 2.75) is 64.4 Å². The Morgan fingerprint density at radius 1 is 1.22 bits per heavy atom. The molecule has 5 atom stereocenters. The first-order valence-corrected chi connectivity index (χ1v) is 11.6. The Kier molecular flexibility index (Phi) is 5.90. The minimum Gasteiger partial charge on any atom is -0.472 e. The summed E-state index contributed by atoms with van der Waals surface area (Å²) in [7, 11) is 0. The van der Waals surface area contributed by atoms with Gasteiger partial charge in [-0.3, -0.25) is 4.79 Å². The van der Waals surface area contributed by atoms with Gasteiger partial charge in [0, 0.05) is 23.3 Å². The third kappa shape index (κ3) is 3.84. The standard InChI is InChI=1S/C28H32O4/c1-4-18(8-13-25(30)31)6-5-7-20-17-27(2)24(14-15-28(27,3)32)23-11-9-19-16-21(29)10-12-22(19)26(20)23/h4-7,16,20,23-24,32H,1,9-12,14-15,17H2,2-3H3,(H,30,31). The Labute approximate surface area is 190 Å². The monoisotopic (exact) mass is 432 g/mol. The molecule has 0 heterocycles. The van der Waals surface area contributed by atoms with Gasteiger partial charge in [-0.05, 0) is 86.5 Å². The molecular formula is C28H32O4. The van der Waals surface area contributed by atoms with Gasteiger partial charge in [-0.25, -0.2) is 4.79 Å². The number of aliphatic carboxylic acids is 1. The van der Waals surface area contributed by atoms with E-state index in [4.69, 9.17) is 5.11 Å². The molecule has 0 aromatic heterocycles. The van der Waals surface area contributed by atoms with E-state index in [2.05, 4.69) is 31.4 Å². The van der Waals surface area contributed by atoms with Crippen molar-refractivity contribution in [1.29, 1.82) is 0 Å². The van der Waals surface area contributed by atoms with Gasteiger partial charge in [-0.2, -0.15) is 0 Å². The van der Waals surface area contributed by atoms with Gasteiger partial charge in [0.05, 0.1) is 5.60 Å². The second-order valence-electron chi connectivity index (χ2n) is 10.1. The predicted molar refractivity (Wildman–Crippen MR) is 124 cm³/mol. The molecule has 32 heavy (non-hydrogen) atoms. The first kappa shape index (κ1) is 22.6. The largest absolute Gasteiger partial charge is 0.472 e. The summed E-state index contributed by atoms with van der Waals surface area (Å²) in [5.41, 5.74) is 3.77. The van der Waals surface area contributed by atoms with Gasteiger partial charge < -0.3 is 10.2 Å². The summed E-state index contributed by atoms with van der Waals surface area (Å²) in [4.78, 5) is 22.8. The fourth-order valence-corrected chi connectivity index (χ4v) is 6.70. The summed E-state index contributed by atoms with van der Waals surface area (Å²) in [5, 5.41) is 20.1. The van der Waals surface area contributed by atoms with Crippen molar-refractivity contribution in [3.05, 3.63) is 59.3 Å². The Balaban J connectivity index is 1.76. The number of carbonyl (C=O) groups excluding carboxylic acids is 1. The molecule has 4 nitrogen and oxygen atoms in total. The number of allylic oxidation sites excluding steroid dienone is 9. The fraction of sp³-hybridized carbons (Fsp3) is 0.500. The summed E-state index contributed by atoms with van der Waals surface area (Å²) in [6.45, 7) is 7.98. The molecule has 2 saturated carbocycles. The molecule has 0 aliphatic heterocycles. The Morgan fingerprint density at radius 3 is 2.72 bits per heavy atom. The molecule has 0 bridgehead atoms. The number of ketones is 1. The molecule has 4 aliphatic carbocycles. The van der Waals surface area contributed by atoms with Crippen LogP contribution >= 0.6 is 0 Å². The minimum atomic E-state index is -1.17. The third-order valence-corrected chi connectivity index (χ3v) is 8.49. The van der Waals surface area contributed by atoms with Crippen molar-refractivity contribution in [1.82, 2.24) is 0 Å². The molecule has 0 radical (unpaired) electrons. The van der Waals surface area contributed by atoms with Crippen LogP contribution in [0.5, 0.6) is 0 Å². The number of rotatable bonds is 3. The summed E-state index contributed by atoms with van der Waals surface area (Å²) < 4.78 is 0. The zero-order chi connectivity index (χ0) is 23.1. The molecule has 0 aromatic carbocycles. The van der Waals surface area contributed by atoms with Crippen LogP contribution in [0.25, 0.3) is 0 Å². The fourth-order valence-electron chi connectivity index (χ4n) is 6.70. The SMILES string of the molecule is C=CC(C#CC(=O)O)=CC=CC1CC2(C)C(CCC2(C)O)C2CCC3=CC(=O)CCC3=C12. The van der Waals surface area contributed by atoms with Gasteiger partial charge in [0.2, 0.25) is 0 Å². The lowest BCUT2D eigenvalue weighted by molar-refractivity contribution is -0.130. The molecule has 4 aliphatic rings. The highest BCUT2D eigenvalue weighted by Gasteiger charge is 2.60. The summed E-state index contributed by atoms with van der Waals surface area (Å²) >= 11 is 0. The molecule has 168 valence electrons. The molecule has 2 fully saturated rings. The molecule has 0 saturated heterocycles. The number of aliphatic hydroxyl groups is 1. The summed E-state index contributed by atoms with van der Waals surface area (Å²) in [5.74, 6) is 4.88. The van der Waals surface area contributed by atoms with Crippen LogP contribution in [-0.2, 0) is 9.59 Å². The maximum atomic E-state index is 12.0. The summed E-state index contributed by atoms with van der Waals surface area (Å²) in [6, 6.07) is 0. The van der Waals surface area contributed by atoms with Gasteiger partial charge in [0.25, 0.3) is 0 Å². The molecule has 0 amide bonds. The first-order valence-electron chi connectivity index (χ1n) is 11.6. The van der Waals surface area contributed by atoms with Crippen LogP contribution < -0.4 is 0 Å². The van der Waals surface area contributed by atoms with E-state index in [9.17, 15) is 14.7 Å². The second-order valence-corrected chi connectivity index (χ2v) is 10.1. The molecule has 5 unspecified atom stereocenters. The lowest BCUT2D eigenvalue weighted by atomic mass is 9.52. The topological polar surface area (TPSA) is 74.6 Å². The second kappa shape index (κ2) is 8.37. The van der Waals surface area contributed by atoms with Crippen LogP contribution in [0.3, 0.4) is 0 Å². The number of carboxylic acids is 1. The first-order chi connectivity index (χ1) is 15.2. The van der Waals surface area contributed by atoms with Crippen LogP contribution in [0.1, 0.15) is 58.8 Å². The highest BCUT2D eigenvalue weighted by Crippen LogP contribution is 2.65. The maximum Gasteiger partial charge on any atom is 0.382 e. The van der Waals surface area contributed by atoms with Crippen molar-refractivity contribution >= 4 is 11.8 Å². The quantitative estimate of drug-likeness (QED) is 0.490. The molecule has 2 N–H and O–H groups in total. The maximum absolute atomic E-state index is 12.0. The van der Waals surface area contributed by atoms with Crippen molar-refractivity contribution < 1.29 is 19.8 Å². The van der Waals surface area contributed by atoms with Crippen LogP contribution in [0.4, 0.5) is 0 Å². The van der Waals surface area contributed by atoms with Crippen LogP contribution in [0.15, 0.2) is 59.3 Å². The highest BCUT2D eigenvalue weighted by molar-refractivity contribution is 5.93. The van der Waals surface area contributed by atoms with Gasteiger partial charge in [-0.1, -0.05) is 43.2 Å². The van der Waals surface area contributed by atoms with Crippen LogP contribution in [0, 0.1) is 35.0 Å². The smallest absolute Gasteiger partial charge is 0.382 e. The minimum absolute atomic E-state index is 0.156. The average Bonchev–Trinajstić information content (AvgIpc) is 2.98. The summed E-state index contributed by atoms with van der Waals surface area (Å²) in [6.07, 6.45) is 15.5. The average molecular weight is 433 g/mol. The van der Waals surface area contributed by atoms with E-state index >= 15 is 0 Å². The van der Waals surface area contributed by atoms with E-state index in [1.54, 1.807) is 12.2 Å². The van der Waals surface area contributed by atoms with E-state index in [0.717, 1.165) is 38.5 Å². The number of hydrogen-bond donors (Lipinski definition) is 2. The van der Waals surface area contributed by atoms with E-state index in [1.807, 2.05) is 19.1 Å². The van der Waals surface area contributed by atoms with Crippen molar-refractivity contribution in [3.63, 3.8) is 0 Å². The normalized spacial score (nSPS) is 36.6. The zero-order valence-electron chi connectivity index (χ0n) is 19.0. The number of carbonyl (C=O) groups is 2.